The van der Waals surface area contributed by atoms with Gasteiger partial charge in [0.2, 0.25) is 0 Å². The average Bonchev–Trinajstić information content (AvgIpc) is 3.07. The number of ether oxygens (including phenoxy) is 2. The van der Waals surface area contributed by atoms with Crippen molar-refractivity contribution < 1.29 is 14.3 Å². The SMILES string of the molecule is CC1=CCC2[C@@H]3Cc4ccc(C)c5c4C2(CCN3C(=O)Oc2ccccc2)C1O5. The molecular weight excluding hydrogens is 362 g/mol. The highest BCUT2D eigenvalue weighted by atomic mass is 16.6. The van der Waals surface area contributed by atoms with Gasteiger partial charge in [-0.05, 0) is 67.9 Å². The standard InChI is InChI=1S/C25H25NO3/c1-15-8-10-17-14-20-19-11-9-16(2)23-25(19,21(17)22(15)29-23)12-13-26(20)24(27)28-18-6-4-3-5-7-18/h3-10,19-20,23H,11-14H2,1-2H3/t19?,20-,23?,25?/m0/s1. The Kier molecular flexibility index (Phi) is 3.48. The monoisotopic (exact) mass is 387 g/mol. The molecule has 2 aliphatic carbocycles. The van der Waals surface area contributed by atoms with Crippen LogP contribution in [0.1, 0.15) is 36.5 Å². The molecule has 1 saturated heterocycles. The summed E-state index contributed by atoms with van der Waals surface area (Å²) in [5.41, 5.74) is 5.35. The van der Waals surface area contributed by atoms with E-state index in [0.717, 1.165) is 25.0 Å². The van der Waals surface area contributed by atoms with E-state index in [0.29, 0.717) is 18.2 Å². The van der Waals surface area contributed by atoms with Crippen LogP contribution in [0.25, 0.3) is 0 Å². The lowest BCUT2D eigenvalue weighted by atomic mass is 9.52. The Morgan fingerprint density at radius 3 is 2.83 bits per heavy atom. The van der Waals surface area contributed by atoms with E-state index >= 15 is 0 Å². The third-order valence-corrected chi connectivity index (χ3v) is 7.62. The van der Waals surface area contributed by atoms with Gasteiger partial charge in [-0.3, -0.25) is 0 Å². The average molecular weight is 387 g/mol. The third-order valence-electron chi connectivity index (χ3n) is 7.62. The molecule has 0 radical (unpaired) electrons. The number of benzene rings is 2. The third kappa shape index (κ3) is 2.17. The zero-order chi connectivity index (χ0) is 19.8. The molecule has 3 unspecified atom stereocenters. The molecule has 2 aliphatic heterocycles. The number of amides is 1. The molecule has 2 heterocycles. The summed E-state index contributed by atoms with van der Waals surface area (Å²) in [6.45, 7) is 5.07. The Morgan fingerprint density at radius 2 is 2.00 bits per heavy atom. The van der Waals surface area contributed by atoms with Crippen molar-refractivity contribution in [3.63, 3.8) is 0 Å². The minimum atomic E-state index is -0.228. The molecule has 4 atom stereocenters. The maximum Gasteiger partial charge on any atom is 0.415 e. The minimum absolute atomic E-state index is 0.00195. The summed E-state index contributed by atoms with van der Waals surface area (Å²) in [5.74, 6) is 2.09. The van der Waals surface area contributed by atoms with Crippen LogP contribution in [0, 0.1) is 12.8 Å². The van der Waals surface area contributed by atoms with Crippen molar-refractivity contribution in [2.24, 2.45) is 5.92 Å². The van der Waals surface area contributed by atoms with Crippen molar-refractivity contribution in [3.8, 4) is 11.5 Å². The first-order valence-corrected chi connectivity index (χ1v) is 10.6. The molecule has 4 heteroatoms. The lowest BCUT2D eigenvalue weighted by Crippen LogP contribution is -2.65. The maximum atomic E-state index is 13.1. The molecular formula is C25H25NO3. The van der Waals surface area contributed by atoms with E-state index in [1.54, 1.807) is 0 Å². The first kappa shape index (κ1) is 17.1. The van der Waals surface area contributed by atoms with Gasteiger partial charge in [0.05, 0.1) is 0 Å². The van der Waals surface area contributed by atoms with Crippen LogP contribution in [0.2, 0.25) is 0 Å². The van der Waals surface area contributed by atoms with Crippen LogP contribution in [0.5, 0.6) is 11.5 Å². The molecule has 0 aromatic heterocycles. The van der Waals surface area contributed by atoms with Gasteiger partial charge in [-0.2, -0.15) is 0 Å². The van der Waals surface area contributed by atoms with Gasteiger partial charge in [0.15, 0.2) is 0 Å². The number of aryl methyl sites for hydroxylation is 1. The van der Waals surface area contributed by atoms with Crippen LogP contribution in [0.4, 0.5) is 4.79 Å². The van der Waals surface area contributed by atoms with Gasteiger partial charge in [-0.25, -0.2) is 4.79 Å². The molecule has 0 N–H and O–H groups in total. The molecule has 148 valence electrons. The van der Waals surface area contributed by atoms with Crippen molar-refractivity contribution >= 4 is 6.09 Å². The molecule has 0 saturated carbocycles. The fourth-order valence-corrected chi connectivity index (χ4v) is 6.41. The number of likely N-dealkylation sites (tertiary alicyclic amines) is 1. The summed E-state index contributed by atoms with van der Waals surface area (Å²) in [6, 6.07) is 14.0. The number of carbonyl (C=O) groups is 1. The smallest absolute Gasteiger partial charge is 0.415 e. The Hall–Kier alpha value is -2.75. The summed E-state index contributed by atoms with van der Waals surface area (Å²) in [4.78, 5) is 15.1. The molecule has 2 aromatic carbocycles. The Balaban J connectivity index is 1.43. The summed E-state index contributed by atoms with van der Waals surface area (Å²) < 4.78 is 12.3. The second kappa shape index (κ2) is 5.88. The molecule has 1 spiro atoms. The number of carbonyl (C=O) groups excluding carboxylic acids is 1. The zero-order valence-corrected chi connectivity index (χ0v) is 16.9. The van der Waals surface area contributed by atoms with Gasteiger partial charge in [0, 0.05) is 23.6 Å². The van der Waals surface area contributed by atoms with E-state index < -0.39 is 0 Å². The van der Waals surface area contributed by atoms with Crippen LogP contribution < -0.4 is 9.47 Å². The number of nitrogens with zero attached hydrogens (tertiary/aromatic N) is 1. The molecule has 29 heavy (non-hydrogen) atoms. The second-order valence-corrected chi connectivity index (χ2v) is 8.97. The molecule has 1 amide bonds. The van der Waals surface area contributed by atoms with Crippen molar-refractivity contribution in [2.75, 3.05) is 6.54 Å². The predicted octanol–water partition coefficient (Wildman–Crippen LogP) is 4.79. The summed E-state index contributed by atoms with van der Waals surface area (Å²) in [7, 11) is 0. The predicted molar refractivity (Wildman–Crippen MR) is 110 cm³/mol. The van der Waals surface area contributed by atoms with Crippen LogP contribution in [0.3, 0.4) is 0 Å². The number of rotatable bonds is 1. The maximum absolute atomic E-state index is 13.1. The number of piperidine rings is 1. The number of allylic oxidation sites excluding steroid dienone is 1. The first-order valence-electron chi connectivity index (χ1n) is 10.6. The Morgan fingerprint density at radius 1 is 1.17 bits per heavy atom. The van der Waals surface area contributed by atoms with Gasteiger partial charge in [0.25, 0.3) is 0 Å². The Labute approximate surface area is 171 Å². The van der Waals surface area contributed by atoms with Crippen LogP contribution >= 0.6 is 0 Å². The van der Waals surface area contributed by atoms with Gasteiger partial charge in [0.1, 0.15) is 17.6 Å². The summed E-state index contributed by atoms with van der Waals surface area (Å²) >= 11 is 0. The molecule has 4 nitrogen and oxygen atoms in total. The molecule has 2 aromatic rings. The minimum Gasteiger partial charge on any atom is -0.485 e. The van der Waals surface area contributed by atoms with Crippen molar-refractivity contribution in [2.45, 2.75) is 50.7 Å². The molecule has 4 aliphatic rings. The van der Waals surface area contributed by atoms with Gasteiger partial charge in [-0.15, -0.1) is 0 Å². The van der Waals surface area contributed by atoms with Gasteiger partial charge in [-0.1, -0.05) is 36.4 Å². The Bertz CT molecular complexity index is 1040. The summed E-state index contributed by atoms with van der Waals surface area (Å²) in [5, 5.41) is 0. The van der Waals surface area contributed by atoms with E-state index in [9.17, 15) is 4.79 Å². The normalized spacial score (nSPS) is 30.9. The second-order valence-electron chi connectivity index (χ2n) is 8.97. The highest BCUT2D eigenvalue weighted by molar-refractivity contribution is 5.72. The van der Waals surface area contributed by atoms with E-state index in [1.807, 2.05) is 35.2 Å². The quantitative estimate of drug-likeness (QED) is 0.661. The van der Waals surface area contributed by atoms with Crippen molar-refractivity contribution in [3.05, 3.63) is 70.8 Å². The van der Waals surface area contributed by atoms with Crippen molar-refractivity contribution in [1.82, 2.24) is 4.90 Å². The van der Waals surface area contributed by atoms with Gasteiger partial charge < -0.3 is 14.4 Å². The highest BCUT2D eigenvalue weighted by Gasteiger charge is 2.64. The number of hydrogen-bond acceptors (Lipinski definition) is 3. The molecule has 2 bridgehead atoms. The highest BCUT2D eigenvalue weighted by Crippen LogP contribution is 2.62. The number of hydrogen-bond donors (Lipinski definition) is 0. The van der Waals surface area contributed by atoms with Crippen LogP contribution in [0.15, 0.2) is 54.1 Å². The largest absolute Gasteiger partial charge is 0.485 e. The summed E-state index contributed by atoms with van der Waals surface area (Å²) in [6.07, 6.45) is 5.01. The van der Waals surface area contributed by atoms with E-state index in [-0.39, 0.29) is 23.7 Å². The molecule has 1 fully saturated rings. The number of para-hydroxylation sites is 1. The lowest BCUT2D eigenvalue weighted by molar-refractivity contribution is -0.0101. The van der Waals surface area contributed by atoms with Crippen LogP contribution in [-0.2, 0) is 11.8 Å². The van der Waals surface area contributed by atoms with Gasteiger partial charge >= 0.3 is 6.09 Å². The van der Waals surface area contributed by atoms with Crippen molar-refractivity contribution in [1.29, 1.82) is 0 Å². The fraction of sp³-hybridized carbons (Fsp3) is 0.400. The lowest BCUT2D eigenvalue weighted by Gasteiger charge is -2.57. The van der Waals surface area contributed by atoms with E-state index in [4.69, 9.17) is 9.47 Å². The van der Waals surface area contributed by atoms with Crippen LogP contribution in [-0.4, -0.2) is 29.7 Å². The first-order chi connectivity index (χ1) is 14.1. The molecule has 6 rings (SSSR count). The van der Waals surface area contributed by atoms with E-state index in [2.05, 4.69) is 32.1 Å². The topological polar surface area (TPSA) is 38.8 Å². The fourth-order valence-electron chi connectivity index (χ4n) is 6.41. The zero-order valence-electron chi connectivity index (χ0n) is 16.9. The van der Waals surface area contributed by atoms with E-state index in [1.165, 1.54) is 22.3 Å².